The fourth-order valence-corrected chi connectivity index (χ4v) is 3.94. The average molecular weight is 522 g/mol. The minimum absolute atomic E-state index is 0.483. The lowest BCUT2D eigenvalue weighted by Gasteiger charge is -2.07. The molecule has 0 aliphatic rings. The molecule has 0 fully saturated rings. The van der Waals surface area contributed by atoms with Crippen molar-refractivity contribution in [3.63, 3.8) is 0 Å². The number of rotatable bonds is 21. The van der Waals surface area contributed by atoms with Crippen LogP contribution < -0.4 is 9.47 Å². The number of aromatic nitrogens is 3. The zero-order valence-corrected chi connectivity index (χ0v) is 22.8. The van der Waals surface area contributed by atoms with Gasteiger partial charge in [0.2, 0.25) is 0 Å². The SMILES string of the molecule is CCCCCCCCCCCCOc1ccc(N=Nc2ccc(OCCOCCn3cnnc3)cc2)cc1. The van der Waals surface area contributed by atoms with Gasteiger partial charge in [0.05, 0.1) is 31.2 Å². The molecule has 0 atom stereocenters. The highest BCUT2D eigenvalue weighted by Gasteiger charge is 1.99. The Kier molecular flexibility index (Phi) is 14.6. The fraction of sp³-hybridized carbons (Fsp3) is 0.533. The van der Waals surface area contributed by atoms with Gasteiger partial charge in [-0.3, -0.25) is 0 Å². The van der Waals surface area contributed by atoms with Crippen LogP contribution in [0.2, 0.25) is 0 Å². The maximum atomic E-state index is 5.88. The molecule has 38 heavy (non-hydrogen) atoms. The molecule has 2 aromatic carbocycles. The Bertz CT molecular complexity index is 992. The number of azo groups is 1. The van der Waals surface area contributed by atoms with Crippen LogP contribution >= 0.6 is 0 Å². The normalized spacial score (nSPS) is 11.3. The Morgan fingerprint density at radius 3 is 1.63 bits per heavy atom. The van der Waals surface area contributed by atoms with Crippen LogP contribution in [0.5, 0.6) is 11.5 Å². The second-order valence-electron chi connectivity index (χ2n) is 9.38. The zero-order chi connectivity index (χ0) is 26.5. The Hall–Kier alpha value is -3.26. The maximum Gasteiger partial charge on any atom is 0.119 e. The van der Waals surface area contributed by atoms with Crippen molar-refractivity contribution in [1.82, 2.24) is 14.8 Å². The van der Waals surface area contributed by atoms with Crippen molar-refractivity contribution in [2.45, 2.75) is 77.7 Å². The Morgan fingerprint density at radius 1 is 0.579 bits per heavy atom. The molecule has 1 aromatic heterocycles. The maximum absolute atomic E-state index is 5.88. The first-order valence-corrected chi connectivity index (χ1v) is 14.1. The third kappa shape index (κ3) is 12.8. The first-order chi connectivity index (χ1) is 18.8. The molecule has 0 aliphatic heterocycles. The van der Waals surface area contributed by atoms with E-state index in [1.54, 1.807) is 12.7 Å². The molecule has 206 valence electrons. The highest BCUT2D eigenvalue weighted by molar-refractivity contribution is 5.44. The number of nitrogens with zero attached hydrogens (tertiary/aromatic N) is 5. The van der Waals surface area contributed by atoms with Gasteiger partial charge < -0.3 is 18.8 Å². The molecule has 8 nitrogen and oxygen atoms in total. The van der Waals surface area contributed by atoms with Crippen molar-refractivity contribution in [3.8, 4) is 11.5 Å². The number of hydrogen-bond donors (Lipinski definition) is 0. The minimum Gasteiger partial charge on any atom is -0.494 e. The van der Waals surface area contributed by atoms with Crippen LogP contribution in [0.15, 0.2) is 71.4 Å². The van der Waals surface area contributed by atoms with Crippen LogP contribution in [0, 0.1) is 0 Å². The molecule has 1 heterocycles. The van der Waals surface area contributed by atoms with Crippen molar-refractivity contribution in [2.75, 3.05) is 26.4 Å². The molecule has 0 spiro atoms. The standard InChI is InChI=1S/C30H43N5O3/c1-2-3-4-5-6-7-8-9-10-11-21-37-29-16-12-27(13-17-29)33-34-28-14-18-30(19-15-28)38-24-23-36-22-20-35-25-31-32-26-35/h12-19,25-26H,2-11,20-24H2,1H3. The topological polar surface area (TPSA) is 83.1 Å². The van der Waals surface area contributed by atoms with Crippen molar-refractivity contribution >= 4 is 11.4 Å². The van der Waals surface area contributed by atoms with Crippen LogP contribution in [0.25, 0.3) is 0 Å². The van der Waals surface area contributed by atoms with Gasteiger partial charge in [-0.05, 0) is 55.0 Å². The molecule has 0 saturated heterocycles. The summed E-state index contributed by atoms with van der Waals surface area (Å²) in [7, 11) is 0. The smallest absolute Gasteiger partial charge is 0.119 e. The highest BCUT2D eigenvalue weighted by atomic mass is 16.5. The summed E-state index contributed by atoms with van der Waals surface area (Å²) in [4.78, 5) is 0. The summed E-state index contributed by atoms with van der Waals surface area (Å²) in [6.07, 6.45) is 16.6. The molecular formula is C30H43N5O3. The van der Waals surface area contributed by atoms with E-state index in [0.717, 1.165) is 42.4 Å². The first kappa shape index (κ1) is 29.3. The third-order valence-electron chi connectivity index (χ3n) is 6.18. The van der Waals surface area contributed by atoms with Crippen molar-refractivity contribution < 1.29 is 14.2 Å². The van der Waals surface area contributed by atoms with Crippen molar-refractivity contribution in [1.29, 1.82) is 0 Å². The van der Waals surface area contributed by atoms with E-state index < -0.39 is 0 Å². The summed E-state index contributed by atoms with van der Waals surface area (Å²) >= 11 is 0. The molecule has 0 amide bonds. The average Bonchev–Trinajstić information content (AvgIpc) is 3.47. The zero-order valence-electron chi connectivity index (χ0n) is 22.8. The van der Waals surface area contributed by atoms with E-state index >= 15 is 0 Å². The van der Waals surface area contributed by atoms with Crippen LogP contribution in [-0.2, 0) is 11.3 Å². The second kappa shape index (κ2) is 18.9. The molecule has 3 rings (SSSR count). The molecule has 8 heteroatoms. The van der Waals surface area contributed by atoms with Gasteiger partial charge >= 0.3 is 0 Å². The minimum atomic E-state index is 0.483. The third-order valence-corrected chi connectivity index (χ3v) is 6.18. The number of hydrogen-bond acceptors (Lipinski definition) is 7. The predicted octanol–water partition coefficient (Wildman–Crippen LogP) is 8.09. The summed E-state index contributed by atoms with van der Waals surface area (Å²) in [5, 5.41) is 16.2. The Morgan fingerprint density at radius 2 is 1.08 bits per heavy atom. The molecule has 0 unspecified atom stereocenters. The Balaban J connectivity index is 1.22. The first-order valence-electron chi connectivity index (χ1n) is 14.1. The van der Waals surface area contributed by atoms with Gasteiger partial charge in [0, 0.05) is 6.54 Å². The molecule has 0 saturated carbocycles. The fourth-order valence-electron chi connectivity index (χ4n) is 3.94. The van der Waals surface area contributed by atoms with E-state index in [1.807, 2.05) is 53.1 Å². The van der Waals surface area contributed by atoms with E-state index in [1.165, 1.54) is 57.8 Å². The lowest BCUT2D eigenvalue weighted by atomic mass is 10.1. The van der Waals surface area contributed by atoms with E-state index in [-0.39, 0.29) is 0 Å². The molecule has 0 N–H and O–H groups in total. The van der Waals surface area contributed by atoms with E-state index in [2.05, 4.69) is 27.3 Å². The van der Waals surface area contributed by atoms with E-state index in [0.29, 0.717) is 19.8 Å². The molecule has 0 aliphatic carbocycles. The van der Waals surface area contributed by atoms with Crippen LogP contribution in [0.3, 0.4) is 0 Å². The quantitative estimate of drug-likeness (QED) is 0.104. The van der Waals surface area contributed by atoms with Gasteiger partial charge in [-0.2, -0.15) is 10.2 Å². The summed E-state index contributed by atoms with van der Waals surface area (Å²) in [6, 6.07) is 15.3. The van der Waals surface area contributed by atoms with Gasteiger partial charge in [-0.1, -0.05) is 64.7 Å². The van der Waals surface area contributed by atoms with Crippen molar-refractivity contribution in [2.24, 2.45) is 10.2 Å². The summed E-state index contributed by atoms with van der Waals surface area (Å²) in [5.41, 5.74) is 1.56. The molecular weight excluding hydrogens is 478 g/mol. The van der Waals surface area contributed by atoms with Crippen molar-refractivity contribution in [3.05, 3.63) is 61.2 Å². The van der Waals surface area contributed by atoms with Gasteiger partial charge in [0.25, 0.3) is 0 Å². The van der Waals surface area contributed by atoms with Crippen LogP contribution in [-0.4, -0.2) is 41.2 Å². The number of benzene rings is 2. The number of unbranched alkanes of at least 4 members (excludes halogenated alkanes) is 9. The van der Waals surface area contributed by atoms with Crippen LogP contribution in [0.4, 0.5) is 11.4 Å². The molecule has 0 bridgehead atoms. The summed E-state index contributed by atoms with van der Waals surface area (Å²) < 4.78 is 19.0. The predicted molar refractivity (Wildman–Crippen MR) is 151 cm³/mol. The van der Waals surface area contributed by atoms with Gasteiger partial charge in [-0.25, -0.2) is 0 Å². The largest absolute Gasteiger partial charge is 0.494 e. The summed E-state index contributed by atoms with van der Waals surface area (Å²) in [5.74, 6) is 1.65. The monoisotopic (exact) mass is 521 g/mol. The molecule has 3 aromatic rings. The summed E-state index contributed by atoms with van der Waals surface area (Å²) in [6.45, 7) is 5.35. The van der Waals surface area contributed by atoms with Gasteiger partial charge in [-0.15, -0.1) is 10.2 Å². The van der Waals surface area contributed by atoms with Gasteiger partial charge in [0.15, 0.2) is 0 Å². The van der Waals surface area contributed by atoms with Gasteiger partial charge in [0.1, 0.15) is 30.8 Å². The second-order valence-corrected chi connectivity index (χ2v) is 9.38. The lowest BCUT2D eigenvalue weighted by molar-refractivity contribution is 0.0943. The lowest BCUT2D eigenvalue weighted by Crippen LogP contribution is -2.10. The molecule has 0 radical (unpaired) electrons. The van der Waals surface area contributed by atoms with E-state index in [9.17, 15) is 0 Å². The highest BCUT2D eigenvalue weighted by Crippen LogP contribution is 2.23. The number of ether oxygens (including phenoxy) is 3. The van der Waals surface area contributed by atoms with E-state index in [4.69, 9.17) is 14.2 Å². The van der Waals surface area contributed by atoms with Crippen LogP contribution in [0.1, 0.15) is 71.1 Å². The Labute approximate surface area is 227 Å².